The van der Waals surface area contributed by atoms with Crippen molar-refractivity contribution in [3.05, 3.63) is 23.9 Å². The topological polar surface area (TPSA) is 74.4 Å². The van der Waals surface area contributed by atoms with Gasteiger partial charge in [-0.25, -0.2) is 10.8 Å². The average Bonchev–Trinajstić information content (AvgIpc) is 2.62. The van der Waals surface area contributed by atoms with Crippen LogP contribution in [0, 0.1) is 0 Å². The van der Waals surface area contributed by atoms with Gasteiger partial charge >= 0.3 is 0 Å². The van der Waals surface area contributed by atoms with E-state index in [-0.39, 0.29) is 6.10 Å². The highest BCUT2D eigenvalue weighted by atomic mass is 16.3. The zero-order chi connectivity index (χ0) is 12.5. The van der Waals surface area contributed by atoms with Crippen LogP contribution in [-0.2, 0) is 6.54 Å². The molecule has 0 saturated carbocycles. The maximum Gasteiger partial charge on any atom is 0.140 e. The fourth-order valence-electron chi connectivity index (χ4n) is 3.34. The Morgan fingerprint density at radius 3 is 2.72 bits per heavy atom. The van der Waals surface area contributed by atoms with Crippen LogP contribution < -0.4 is 11.3 Å². The van der Waals surface area contributed by atoms with Crippen LogP contribution in [0.4, 0.5) is 5.82 Å². The van der Waals surface area contributed by atoms with Gasteiger partial charge < -0.3 is 10.5 Å². The molecule has 0 aromatic carbocycles. The summed E-state index contributed by atoms with van der Waals surface area (Å²) in [5.74, 6) is 6.08. The van der Waals surface area contributed by atoms with Gasteiger partial charge in [-0.3, -0.25) is 4.90 Å². The SMILES string of the molecule is NNc1cccc(CN2C3CCC2CC(O)C3)n1. The van der Waals surface area contributed by atoms with Gasteiger partial charge in [-0.2, -0.15) is 0 Å². The fraction of sp³-hybridized carbons (Fsp3) is 0.615. The van der Waals surface area contributed by atoms with Crippen molar-refractivity contribution in [1.29, 1.82) is 0 Å². The van der Waals surface area contributed by atoms with E-state index < -0.39 is 0 Å². The van der Waals surface area contributed by atoms with E-state index in [0.29, 0.717) is 17.9 Å². The molecule has 3 rings (SSSR count). The van der Waals surface area contributed by atoms with Gasteiger partial charge in [-0.1, -0.05) is 6.07 Å². The lowest BCUT2D eigenvalue weighted by Gasteiger charge is -2.36. The van der Waals surface area contributed by atoms with Crippen molar-refractivity contribution in [2.75, 3.05) is 5.43 Å². The maximum atomic E-state index is 9.79. The molecule has 0 aliphatic carbocycles. The number of aliphatic hydroxyl groups excluding tert-OH is 1. The minimum atomic E-state index is -0.108. The van der Waals surface area contributed by atoms with Crippen LogP contribution >= 0.6 is 0 Å². The second kappa shape index (κ2) is 4.84. The molecular weight excluding hydrogens is 228 g/mol. The summed E-state index contributed by atoms with van der Waals surface area (Å²) in [6.07, 6.45) is 4.12. The molecule has 2 aliphatic rings. The van der Waals surface area contributed by atoms with E-state index >= 15 is 0 Å². The number of hydrogen-bond acceptors (Lipinski definition) is 5. The Hall–Kier alpha value is -1.17. The smallest absolute Gasteiger partial charge is 0.140 e. The summed E-state index contributed by atoms with van der Waals surface area (Å²) in [4.78, 5) is 6.96. The molecule has 1 aromatic heterocycles. The number of fused-ring (bicyclic) bond motifs is 2. The van der Waals surface area contributed by atoms with Crippen LogP contribution in [-0.4, -0.2) is 33.2 Å². The maximum absolute atomic E-state index is 9.79. The van der Waals surface area contributed by atoms with Gasteiger partial charge in [0.05, 0.1) is 11.8 Å². The number of pyridine rings is 1. The van der Waals surface area contributed by atoms with Crippen LogP contribution in [0.15, 0.2) is 18.2 Å². The van der Waals surface area contributed by atoms with Crippen molar-refractivity contribution in [2.24, 2.45) is 5.84 Å². The van der Waals surface area contributed by atoms with E-state index in [4.69, 9.17) is 5.84 Å². The predicted octanol–water partition coefficient (Wildman–Crippen LogP) is 0.855. The van der Waals surface area contributed by atoms with E-state index in [1.165, 1.54) is 12.8 Å². The van der Waals surface area contributed by atoms with Crippen LogP contribution in [0.1, 0.15) is 31.4 Å². The number of aliphatic hydroxyl groups is 1. The van der Waals surface area contributed by atoms with Gasteiger partial charge in [-0.15, -0.1) is 0 Å². The monoisotopic (exact) mass is 248 g/mol. The lowest BCUT2D eigenvalue weighted by Crippen LogP contribution is -2.44. The number of nitrogens with one attached hydrogen (secondary N) is 1. The first-order chi connectivity index (χ1) is 8.76. The van der Waals surface area contributed by atoms with E-state index in [2.05, 4.69) is 15.3 Å². The number of nitrogen functional groups attached to an aromatic ring is 1. The summed E-state index contributed by atoms with van der Waals surface area (Å²) >= 11 is 0. The Labute approximate surface area is 107 Å². The first-order valence-electron chi connectivity index (χ1n) is 6.62. The van der Waals surface area contributed by atoms with Crippen molar-refractivity contribution < 1.29 is 5.11 Å². The van der Waals surface area contributed by atoms with Gasteiger partial charge in [0.25, 0.3) is 0 Å². The summed E-state index contributed by atoms with van der Waals surface area (Å²) in [6, 6.07) is 6.91. The van der Waals surface area contributed by atoms with Crippen LogP contribution in [0.3, 0.4) is 0 Å². The highest BCUT2D eigenvalue weighted by molar-refractivity contribution is 5.33. The molecule has 2 unspecified atom stereocenters. The Balaban J connectivity index is 1.73. The molecule has 0 amide bonds. The first kappa shape index (κ1) is 11.9. The molecule has 4 N–H and O–H groups in total. The normalized spacial score (nSPS) is 31.6. The Morgan fingerprint density at radius 1 is 1.33 bits per heavy atom. The van der Waals surface area contributed by atoms with Crippen LogP contribution in [0.25, 0.3) is 0 Å². The lowest BCUT2D eigenvalue weighted by molar-refractivity contribution is 0.0304. The number of hydrazine groups is 1. The second-order valence-corrected chi connectivity index (χ2v) is 5.34. The van der Waals surface area contributed by atoms with Crippen LogP contribution in [0.5, 0.6) is 0 Å². The molecule has 5 nitrogen and oxygen atoms in total. The van der Waals surface area contributed by atoms with Crippen molar-refractivity contribution >= 4 is 5.82 Å². The molecule has 0 spiro atoms. The standard InChI is InChI=1S/C13H20N4O/c14-16-13-3-1-2-9(15-13)8-17-10-4-5-11(17)7-12(18)6-10/h1-3,10-12,18H,4-8,14H2,(H,15,16). The summed E-state index contributed by atoms with van der Waals surface area (Å²) in [5, 5.41) is 9.79. The summed E-state index contributed by atoms with van der Waals surface area (Å²) in [5.41, 5.74) is 3.62. The molecular formula is C13H20N4O. The molecule has 2 saturated heterocycles. The Kier molecular flexibility index (Phi) is 3.20. The van der Waals surface area contributed by atoms with E-state index in [9.17, 15) is 5.11 Å². The van der Waals surface area contributed by atoms with Gasteiger partial charge in [0.15, 0.2) is 0 Å². The summed E-state index contributed by atoms with van der Waals surface area (Å²) in [7, 11) is 0. The highest BCUT2D eigenvalue weighted by Crippen LogP contribution is 2.36. The number of nitrogens with two attached hydrogens (primary N) is 1. The van der Waals surface area contributed by atoms with Gasteiger partial charge in [0, 0.05) is 18.6 Å². The van der Waals surface area contributed by atoms with Crippen LogP contribution in [0.2, 0.25) is 0 Å². The first-order valence-corrected chi connectivity index (χ1v) is 6.62. The van der Waals surface area contributed by atoms with Crippen molar-refractivity contribution in [1.82, 2.24) is 9.88 Å². The molecule has 18 heavy (non-hydrogen) atoms. The van der Waals surface area contributed by atoms with Gasteiger partial charge in [0.1, 0.15) is 5.82 Å². The fourth-order valence-corrected chi connectivity index (χ4v) is 3.34. The molecule has 2 atom stereocenters. The quantitative estimate of drug-likeness (QED) is 0.546. The van der Waals surface area contributed by atoms with Gasteiger partial charge in [-0.05, 0) is 37.8 Å². The molecule has 2 aliphatic heterocycles. The number of nitrogens with zero attached hydrogens (tertiary/aromatic N) is 2. The third-order valence-electron chi connectivity index (χ3n) is 4.16. The highest BCUT2D eigenvalue weighted by Gasteiger charge is 2.39. The summed E-state index contributed by atoms with van der Waals surface area (Å²) < 4.78 is 0. The second-order valence-electron chi connectivity index (χ2n) is 5.34. The van der Waals surface area contributed by atoms with E-state index in [1.807, 2.05) is 18.2 Å². The zero-order valence-corrected chi connectivity index (χ0v) is 10.4. The van der Waals surface area contributed by atoms with Crippen molar-refractivity contribution in [3.8, 4) is 0 Å². The Morgan fingerprint density at radius 2 is 2.06 bits per heavy atom. The van der Waals surface area contributed by atoms with Crippen molar-refractivity contribution in [3.63, 3.8) is 0 Å². The number of piperidine rings is 1. The predicted molar refractivity (Wildman–Crippen MR) is 69.6 cm³/mol. The molecule has 3 heterocycles. The minimum Gasteiger partial charge on any atom is -0.393 e. The lowest BCUT2D eigenvalue weighted by atomic mass is 10.00. The minimum absolute atomic E-state index is 0.108. The number of aromatic nitrogens is 1. The number of anilines is 1. The zero-order valence-electron chi connectivity index (χ0n) is 10.4. The molecule has 2 bridgehead atoms. The van der Waals surface area contributed by atoms with E-state index in [1.54, 1.807) is 0 Å². The molecule has 98 valence electrons. The van der Waals surface area contributed by atoms with Crippen molar-refractivity contribution in [2.45, 2.75) is 50.4 Å². The average molecular weight is 248 g/mol. The molecule has 2 fully saturated rings. The number of rotatable bonds is 3. The molecule has 5 heteroatoms. The van der Waals surface area contributed by atoms with E-state index in [0.717, 1.165) is 25.1 Å². The Bertz CT molecular complexity index is 411. The molecule has 1 aromatic rings. The third-order valence-corrected chi connectivity index (χ3v) is 4.16. The van der Waals surface area contributed by atoms with Gasteiger partial charge in [0.2, 0.25) is 0 Å². The number of hydrogen-bond donors (Lipinski definition) is 3. The summed E-state index contributed by atoms with van der Waals surface area (Å²) in [6.45, 7) is 0.859. The molecule has 0 radical (unpaired) electrons. The third kappa shape index (κ3) is 2.21. The largest absolute Gasteiger partial charge is 0.393 e.